The van der Waals surface area contributed by atoms with E-state index < -0.39 is 5.82 Å². The molecule has 0 spiro atoms. The van der Waals surface area contributed by atoms with E-state index in [1.165, 1.54) is 17.8 Å². The Morgan fingerprint density at radius 3 is 2.79 bits per heavy atom. The Kier molecular flexibility index (Phi) is 5.04. The second-order valence-electron chi connectivity index (χ2n) is 2.54. The van der Waals surface area contributed by atoms with Gasteiger partial charge in [-0.2, -0.15) is 12.6 Å². The summed E-state index contributed by atoms with van der Waals surface area (Å²) < 4.78 is 25.8. The normalized spacial score (nSPS) is 11.1. The maximum Gasteiger partial charge on any atom is 0.136 e. The Bertz CT molecular complexity index is 324. The monoisotopic (exact) mass is 232 g/mol. The minimum atomic E-state index is -0.410. The van der Waals surface area contributed by atoms with Gasteiger partial charge in [0.1, 0.15) is 11.6 Å². The summed E-state index contributed by atoms with van der Waals surface area (Å²) in [4.78, 5) is 0.341. The molecule has 1 rings (SSSR count). The van der Waals surface area contributed by atoms with Crippen LogP contribution in [-0.2, 0) is 0 Å². The van der Waals surface area contributed by atoms with E-state index in [1.54, 1.807) is 0 Å². The molecule has 76 valence electrons. The zero-order chi connectivity index (χ0) is 10.4. The Labute approximate surface area is 91.8 Å². The van der Waals surface area contributed by atoms with E-state index in [2.05, 4.69) is 12.6 Å². The average molecular weight is 232 g/mol. The van der Waals surface area contributed by atoms with Crippen LogP contribution in [0.1, 0.15) is 0 Å². The van der Waals surface area contributed by atoms with Gasteiger partial charge in [-0.3, -0.25) is 0 Å². The van der Waals surface area contributed by atoms with Crippen molar-refractivity contribution in [2.75, 3.05) is 11.5 Å². The molecule has 14 heavy (non-hydrogen) atoms. The Balaban J connectivity index is 2.57. The lowest BCUT2D eigenvalue weighted by Gasteiger charge is -2.00. The van der Waals surface area contributed by atoms with Crippen LogP contribution in [0.25, 0.3) is 0 Å². The van der Waals surface area contributed by atoms with Crippen molar-refractivity contribution in [2.24, 2.45) is 0 Å². The van der Waals surface area contributed by atoms with E-state index in [9.17, 15) is 8.78 Å². The maximum absolute atomic E-state index is 13.1. The number of hydrogen-bond acceptors (Lipinski definition) is 2. The number of benzene rings is 1. The van der Waals surface area contributed by atoms with Crippen LogP contribution in [0.3, 0.4) is 0 Å². The van der Waals surface area contributed by atoms with Crippen molar-refractivity contribution < 1.29 is 8.78 Å². The average Bonchev–Trinajstić information content (AvgIpc) is 2.18. The molecule has 0 N–H and O–H groups in total. The van der Waals surface area contributed by atoms with Crippen LogP contribution in [0.15, 0.2) is 35.2 Å². The molecule has 0 radical (unpaired) electrons. The zero-order valence-electron chi connectivity index (χ0n) is 7.41. The van der Waals surface area contributed by atoms with E-state index in [-0.39, 0.29) is 5.82 Å². The van der Waals surface area contributed by atoms with E-state index in [1.807, 2.05) is 12.2 Å². The third-order valence-corrected chi connectivity index (χ3v) is 2.69. The molecule has 0 aliphatic carbocycles. The van der Waals surface area contributed by atoms with Crippen molar-refractivity contribution in [3.63, 3.8) is 0 Å². The van der Waals surface area contributed by atoms with Gasteiger partial charge in [-0.1, -0.05) is 12.2 Å². The summed E-state index contributed by atoms with van der Waals surface area (Å²) in [6, 6.07) is 3.46. The van der Waals surface area contributed by atoms with Gasteiger partial charge in [-0.15, -0.1) is 11.8 Å². The van der Waals surface area contributed by atoms with Crippen molar-refractivity contribution in [1.82, 2.24) is 0 Å². The SMILES string of the molecule is Fc1ccc(F)c(SCC=CCS)c1. The molecule has 0 aliphatic heterocycles. The lowest BCUT2D eigenvalue weighted by Crippen LogP contribution is -1.84. The molecule has 0 fully saturated rings. The summed E-state index contributed by atoms with van der Waals surface area (Å²) in [6.07, 6.45) is 3.75. The largest absolute Gasteiger partial charge is 0.207 e. The summed E-state index contributed by atoms with van der Waals surface area (Å²) in [5.74, 6) is 0.496. The van der Waals surface area contributed by atoms with Crippen LogP contribution in [0.4, 0.5) is 8.78 Å². The third kappa shape index (κ3) is 3.72. The van der Waals surface area contributed by atoms with Crippen LogP contribution in [0.2, 0.25) is 0 Å². The van der Waals surface area contributed by atoms with Crippen LogP contribution in [0.5, 0.6) is 0 Å². The molecule has 0 unspecified atom stereocenters. The predicted octanol–water partition coefficient (Wildman–Crippen LogP) is 3.54. The van der Waals surface area contributed by atoms with Crippen molar-refractivity contribution in [3.05, 3.63) is 42.0 Å². The molecule has 4 heteroatoms. The van der Waals surface area contributed by atoms with Crippen molar-refractivity contribution >= 4 is 24.4 Å². The first-order valence-electron chi connectivity index (χ1n) is 4.07. The molecule has 0 bridgehead atoms. The second-order valence-corrected chi connectivity index (χ2v) is 3.97. The van der Waals surface area contributed by atoms with Crippen LogP contribution in [-0.4, -0.2) is 11.5 Å². The van der Waals surface area contributed by atoms with Gasteiger partial charge in [0.15, 0.2) is 0 Å². The third-order valence-electron chi connectivity index (χ3n) is 1.50. The zero-order valence-corrected chi connectivity index (χ0v) is 9.12. The molecule has 0 aliphatic rings. The van der Waals surface area contributed by atoms with Crippen LogP contribution in [0, 0.1) is 11.6 Å². The molecule has 0 nitrogen and oxygen atoms in total. The van der Waals surface area contributed by atoms with Gasteiger partial charge in [0.2, 0.25) is 0 Å². The quantitative estimate of drug-likeness (QED) is 0.470. The number of thiol groups is 1. The molecule has 0 amide bonds. The smallest absolute Gasteiger partial charge is 0.136 e. The van der Waals surface area contributed by atoms with Crippen LogP contribution < -0.4 is 0 Å². The molecule has 0 atom stereocenters. The molecule has 1 aromatic rings. The van der Waals surface area contributed by atoms with Gasteiger partial charge in [0.25, 0.3) is 0 Å². The van der Waals surface area contributed by atoms with Crippen molar-refractivity contribution in [3.8, 4) is 0 Å². The Morgan fingerprint density at radius 2 is 2.07 bits per heavy atom. The second kappa shape index (κ2) is 6.09. The van der Waals surface area contributed by atoms with Gasteiger partial charge in [-0.25, -0.2) is 8.78 Å². The summed E-state index contributed by atoms with van der Waals surface area (Å²) in [5.41, 5.74) is 0. The van der Waals surface area contributed by atoms with Gasteiger partial charge < -0.3 is 0 Å². The van der Waals surface area contributed by atoms with Gasteiger partial charge in [0.05, 0.1) is 0 Å². The molecule has 0 aromatic heterocycles. The molecule has 0 saturated heterocycles. The van der Waals surface area contributed by atoms with Gasteiger partial charge >= 0.3 is 0 Å². The predicted molar refractivity (Wildman–Crippen MR) is 60.1 cm³/mol. The fourth-order valence-electron chi connectivity index (χ4n) is 0.868. The van der Waals surface area contributed by atoms with Gasteiger partial charge in [0, 0.05) is 16.4 Å². The first-order chi connectivity index (χ1) is 6.74. The number of thioether (sulfide) groups is 1. The first kappa shape index (κ1) is 11.6. The van der Waals surface area contributed by atoms with Crippen molar-refractivity contribution in [2.45, 2.75) is 4.90 Å². The Hall–Kier alpha value is -0.480. The first-order valence-corrected chi connectivity index (χ1v) is 5.69. The fraction of sp³-hybridized carbons (Fsp3) is 0.200. The highest BCUT2D eigenvalue weighted by atomic mass is 32.2. The maximum atomic E-state index is 13.1. The highest BCUT2D eigenvalue weighted by Crippen LogP contribution is 2.22. The van der Waals surface area contributed by atoms with E-state index >= 15 is 0 Å². The Morgan fingerprint density at radius 1 is 1.29 bits per heavy atom. The summed E-state index contributed by atoms with van der Waals surface area (Å²) in [5, 5.41) is 0. The molecule has 1 aromatic carbocycles. The molecule has 0 heterocycles. The molecular weight excluding hydrogens is 222 g/mol. The molecule has 0 saturated carbocycles. The van der Waals surface area contributed by atoms with E-state index in [0.717, 1.165) is 12.1 Å². The van der Waals surface area contributed by atoms with Gasteiger partial charge in [-0.05, 0) is 18.2 Å². The summed E-state index contributed by atoms with van der Waals surface area (Å²) in [7, 11) is 0. The minimum absolute atomic E-state index is 0.341. The summed E-state index contributed by atoms with van der Waals surface area (Å²) in [6.45, 7) is 0. The van der Waals surface area contributed by atoms with Crippen LogP contribution >= 0.6 is 24.4 Å². The number of hydrogen-bond donors (Lipinski definition) is 1. The minimum Gasteiger partial charge on any atom is -0.207 e. The summed E-state index contributed by atoms with van der Waals surface area (Å²) >= 11 is 5.25. The van der Waals surface area contributed by atoms with E-state index in [4.69, 9.17) is 0 Å². The van der Waals surface area contributed by atoms with Crippen molar-refractivity contribution in [1.29, 1.82) is 0 Å². The lowest BCUT2D eigenvalue weighted by atomic mass is 10.3. The van der Waals surface area contributed by atoms with E-state index in [0.29, 0.717) is 16.4 Å². The number of halogens is 2. The number of rotatable bonds is 4. The highest BCUT2D eigenvalue weighted by molar-refractivity contribution is 7.99. The topological polar surface area (TPSA) is 0 Å². The highest BCUT2D eigenvalue weighted by Gasteiger charge is 2.02. The molecular formula is C10H10F2S2. The standard InChI is InChI=1S/C10H10F2S2/c11-8-3-4-9(12)10(7-8)14-6-2-1-5-13/h1-4,7,13H,5-6H2. The lowest BCUT2D eigenvalue weighted by molar-refractivity contribution is 0.577. The fourth-order valence-corrected chi connectivity index (χ4v) is 1.83.